The Labute approximate surface area is 162 Å². The topological polar surface area (TPSA) is 75.9 Å². The van der Waals surface area contributed by atoms with Crippen LogP contribution in [0.25, 0.3) is 0 Å². The van der Waals surface area contributed by atoms with Gasteiger partial charge >= 0.3 is 0 Å². The summed E-state index contributed by atoms with van der Waals surface area (Å²) in [6.45, 7) is 3.93. The molecule has 2 N–H and O–H groups in total. The molecule has 6 nitrogen and oxygen atoms in total. The van der Waals surface area contributed by atoms with E-state index in [-0.39, 0.29) is 36.2 Å². The molecule has 1 aliphatic heterocycles. The molecule has 146 valence electrons. The number of carbonyl (C=O) groups is 2. The molecule has 0 bridgehead atoms. The van der Waals surface area contributed by atoms with Crippen molar-refractivity contribution in [2.75, 3.05) is 33.3 Å². The SMILES string of the molecule is CC(CN)N(C)C(=O)C1CCCN(C(=O)CCOc2ccccc2)C1.Cl. The van der Waals surface area contributed by atoms with Crippen LogP contribution < -0.4 is 10.5 Å². The van der Waals surface area contributed by atoms with E-state index in [4.69, 9.17) is 10.5 Å². The number of nitrogens with two attached hydrogens (primary N) is 1. The molecule has 0 saturated carbocycles. The summed E-state index contributed by atoms with van der Waals surface area (Å²) >= 11 is 0. The predicted molar refractivity (Wildman–Crippen MR) is 104 cm³/mol. The summed E-state index contributed by atoms with van der Waals surface area (Å²) in [5.41, 5.74) is 5.65. The van der Waals surface area contributed by atoms with Crippen LogP contribution in [0.2, 0.25) is 0 Å². The number of rotatable bonds is 7. The molecule has 1 fully saturated rings. The zero-order chi connectivity index (χ0) is 18.2. The van der Waals surface area contributed by atoms with Crippen LogP contribution in [0.1, 0.15) is 26.2 Å². The van der Waals surface area contributed by atoms with Crippen LogP contribution in [0.4, 0.5) is 0 Å². The standard InChI is InChI=1S/C19H29N3O3.ClH/c1-15(13-20)21(2)19(24)16-7-6-11-22(14-16)18(23)10-12-25-17-8-4-3-5-9-17;/h3-5,8-9,15-16H,6-7,10-14,20H2,1-2H3;1H. The van der Waals surface area contributed by atoms with Crippen LogP contribution in [0, 0.1) is 5.92 Å². The van der Waals surface area contributed by atoms with E-state index in [0.29, 0.717) is 32.7 Å². The normalized spacial score (nSPS) is 17.8. The fourth-order valence-electron chi connectivity index (χ4n) is 3.00. The average molecular weight is 384 g/mol. The molecule has 7 heteroatoms. The first-order valence-electron chi connectivity index (χ1n) is 8.95. The van der Waals surface area contributed by atoms with Gasteiger partial charge in [-0.25, -0.2) is 0 Å². The second kappa shape index (κ2) is 11.0. The third-order valence-corrected chi connectivity index (χ3v) is 4.80. The van der Waals surface area contributed by atoms with Crippen LogP contribution in [0.5, 0.6) is 5.75 Å². The van der Waals surface area contributed by atoms with Gasteiger partial charge in [-0.3, -0.25) is 9.59 Å². The molecule has 1 heterocycles. The van der Waals surface area contributed by atoms with E-state index in [2.05, 4.69) is 0 Å². The van der Waals surface area contributed by atoms with E-state index < -0.39 is 0 Å². The number of hydrogen-bond donors (Lipinski definition) is 1. The fourth-order valence-corrected chi connectivity index (χ4v) is 3.00. The largest absolute Gasteiger partial charge is 0.493 e. The number of hydrogen-bond acceptors (Lipinski definition) is 4. The number of likely N-dealkylation sites (tertiary alicyclic amines) is 1. The van der Waals surface area contributed by atoms with Crippen molar-refractivity contribution in [3.63, 3.8) is 0 Å². The van der Waals surface area contributed by atoms with Crippen molar-refractivity contribution in [1.29, 1.82) is 0 Å². The maximum Gasteiger partial charge on any atom is 0.227 e. The molecule has 2 rings (SSSR count). The Kier molecular flexibility index (Phi) is 9.44. The molecule has 2 amide bonds. The Balaban J connectivity index is 0.00000338. The van der Waals surface area contributed by atoms with Crippen molar-refractivity contribution < 1.29 is 14.3 Å². The van der Waals surface area contributed by atoms with Crippen LogP contribution in [-0.2, 0) is 9.59 Å². The highest BCUT2D eigenvalue weighted by atomic mass is 35.5. The van der Waals surface area contributed by atoms with Crippen LogP contribution in [0.15, 0.2) is 30.3 Å². The van der Waals surface area contributed by atoms with E-state index in [9.17, 15) is 9.59 Å². The molecule has 26 heavy (non-hydrogen) atoms. The van der Waals surface area contributed by atoms with Gasteiger partial charge in [-0.05, 0) is 31.9 Å². The van der Waals surface area contributed by atoms with Gasteiger partial charge in [0.05, 0.1) is 18.9 Å². The summed E-state index contributed by atoms with van der Waals surface area (Å²) < 4.78 is 5.59. The van der Waals surface area contributed by atoms with Gasteiger partial charge in [-0.1, -0.05) is 18.2 Å². The van der Waals surface area contributed by atoms with E-state index in [1.807, 2.05) is 37.3 Å². The summed E-state index contributed by atoms with van der Waals surface area (Å²) in [5.74, 6) is 0.755. The zero-order valence-corrected chi connectivity index (χ0v) is 16.4. The number of piperidine rings is 1. The van der Waals surface area contributed by atoms with Crippen LogP contribution in [-0.4, -0.2) is 60.9 Å². The first-order chi connectivity index (χ1) is 12.0. The van der Waals surface area contributed by atoms with Crippen LogP contribution >= 0.6 is 12.4 Å². The quantitative estimate of drug-likeness (QED) is 0.780. The molecule has 2 atom stereocenters. The van der Waals surface area contributed by atoms with Gasteiger partial charge in [0, 0.05) is 32.7 Å². The number of amides is 2. The molecule has 0 radical (unpaired) electrons. The van der Waals surface area contributed by atoms with Gasteiger partial charge in [0.1, 0.15) is 5.75 Å². The Bertz CT molecular complexity index is 570. The monoisotopic (exact) mass is 383 g/mol. The summed E-state index contributed by atoms with van der Waals surface area (Å²) in [6.07, 6.45) is 2.00. The molecular formula is C19H30ClN3O3. The number of halogens is 1. The first kappa shape index (κ1) is 22.3. The lowest BCUT2D eigenvalue weighted by Crippen LogP contribution is -2.49. The van der Waals surface area contributed by atoms with Crippen molar-refractivity contribution in [2.24, 2.45) is 11.7 Å². The third-order valence-electron chi connectivity index (χ3n) is 4.80. The zero-order valence-electron chi connectivity index (χ0n) is 15.6. The molecule has 2 unspecified atom stereocenters. The lowest BCUT2D eigenvalue weighted by Gasteiger charge is -2.35. The molecular weight excluding hydrogens is 354 g/mol. The van der Waals surface area contributed by atoms with Crippen molar-refractivity contribution in [3.05, 3.63) is 30.3 Å². The van der Waals surface area contributed by atoms with E-state index in [1.54, 1.807) is 16.8 Å². The van der Waals surface area contributed by atoms with Gasteiger partial charge in [0.25, 0.3) is 0 Å². The predicted octanol–water partition coefficient (Wildman–Crippen LogP) is 1.92. The summed E-state index contributed by atoms with van der Waals surface area (Å²) in [6, 6.07) is 9.47. The second-order valence-corrected chi connectivity index (χ2v) is 6.62. The van der Waals surface area contributed by atoms with E-state index in [0.717, 1.165) is 18.6 Å². The van der Waals surface area contributed by atoms with Gasteiger partial charge in [-0.15, -0.1) is 12.4 Å². The third kappa shape index (κ3) is 6.18. The number of carbonyl (C=O) groups excluding carboxylic acids is 2. The molecule has 1 saturated heterocycles. The minimum absolute atomic E-state index is 0. The minimum atomic E-state index is -0.133. The highest BCUT2D eigenvalue weighted by Gasteiger charge is 2.31. The highest BCUT2D eigenvalue weighted by molar-refractivity contribution is 5.85. The van der Waals surface area contributed by atoms with Gasteiger partial charge in [0.15, 0.2) is 0 Å². The van der Waals surface area contributed by atoms with Crippen molar-refractivity contribution in [1.82, 2.24) is 9.80 Å². The van der Waals surface area contributed by atoms with Crippen molar-refractivity contribution in [3.8, 4) is 5.75 Å². The minimum Gasteiger partial charge on any atom is -0.493 e. The first-order valence-corrected chi connectivity index (χ1v) is 8.95. The number of likely N-dealkylation sites (N-methyl/N-ethyl adjacent to an activating group) is 1. The van der Waals surface area contributed by atoms with Gasteiger partial charge in [0.2, 0.25) is 11.8 Å². The maximum atomic E-state index is 12.6. The molecule has 0 spiro atoms. The molecule has 0 aromatic heterocycles. The Morgan fingerprint density at radius 1 is 1.35 bits per heavy atom. The molecule has 1 aromatic rings. The molecule has 1 aliphatic rings. The Hall–Kier alpha value is -1.79. The Morgan fingerprint density at radius 2 is 2.04 bits per heavy atom. The van der Waals surface area contributed by atoms with Gasteiger partial charge < -0.3 is 20.3 Å². The van der Waals surface area contributed by atoms with Crippen molar-refractivity contribution >= 4 is 24.2 Å². The van der Waals surface area contributed by atoms with E-state index in [1.165, 1.54) is 0 Å². The average Bonchev–Trinajstić information content (AvgIpc) is 2.67. The molecule has 0 aliphatic carbocycles. The van der Waals surface area contributed by atoms with Crippen molar-refractivity contribution in [2.45, 2.75) is 32.2 Å². The molecule has 1 aromatic carbocycles. The number of benzene rings is 1. The maximum absolute atomic E-state index is 12.6. The number of para-hydroxylation sites is 1. The Morgan fingerprint density at radius 3 is 2.69 bits per heavy atom. The lowest BCUT2D eigenvalue weighted by molar-refractivity contribution is -0.141. The number of ether oxygens (including phenoxy) is 1. The van der Waals surface area contributed by atoms with E-state index >= 15 is 0 Å². The summed E-state index contributed by atoms with van der Waals surface area (Å²) in [5, 5.41) is 0. The smallest absolute Gasteiger partial charge is 0.227 e. The second-order valence-electron chi connectivity index (χ2n) is 6.62. The summed E-state index contributed by atoms with van der Waals surface area (Å²) in [4.78, 5) is 28.5. The summed E-state index contributed by atoms with van der Waals surface area (Å²) in [7, 11) is 1.79. The lowest BCUT2D eigenvalue weighted by atomic mass is 9.96. The van der Waals surface area contributed by atoms with Gasteiger partial charge in [-0.2, -0.15) is 0 Å². The van der Waals surface area contributed by atoms with Crippen LogP contribution in [0.3, 0.4) is 0 Å². The highest BCUT2D eigenvalue weighted by Crippen LogP contribution is 2.20. The number of nitrogens with zero attached hydrogens (tertiary/aromatic N) is 2. The fraction of sp³-hybridized carbons (Fsp3) is 0.579.